The lowest BCUT2D eigenvalue weighted by Gasteiger charge is -2.19. The molecule has 1 aromatic rings. The largest absolute Gasteiger partial charge is 0.481 e. The fourth-order valence-corrected chi connectivity index (χ4v) is 2.03. The lowest BCUT2D eigenvalue weighted by atomic mass is 10.1. The highest BCUT2D eigenvalue weighted by molar-refractivity contribution is 5.94. The van der Waals surface area contributed by atoms with E-state index in [4.69, 9.17) is 15.9 Å². The first-order valence-corrected chi connectivity index (χ1v) is 8.15. The zero-order chi connectivity index (χ0) is 21.3. The molecule has 0 fully saturated rings. The van der Waals surface area contributed by atoms with Crippen molar-refractivity contribution in [3.63, 3.8) is 0 Å². The van der Waals surface area contributed by atoms with Crippen LogP contribution in [0.1, 0.15) is 19.0 Å². The van der Waals surface area contributed by atoms with Crippen LogP contribution >= 0.6 is 0 Å². The minimum atomic E-state index is -1.51. The van der Waals surface area contributed by atoms with Crippen molar-refractivity contribution in [1.29, 1.82) is 0 Å². The van der Waals surface area contributed by atoms with Crippen molar-refractivity contribution in [1.82, 2.24) is 25.9 Å². The lowest BCUT2D eigenvalue weighted by Crippen LogP contribution is -2.53. The van der Waals surface area contributed by atoms with Crippen LogP contribution in [0.25, 0.3) is 0 Å². The molecule has 0 aliphatic heterocycles. The summed E-state index contributed by atoms with van der Waals surface area (Å²) in [6.07, 6.45) is 2.31. The fraction of sp³-hybridized carbons (Fsp3) is 0.467. The zero-order valence-electron chi connectivity index (χ0n) is 15.0. The molecule has 3 unspecified atom stereocenters. The molecule has 1 aromatic heterocycles. The summed E-state index contributed by atoms with van der Waals surface area (Å²) in [5.74, 6) is -5.16. The van der Waals surface area contributed by atoms with Gasteiger partial charge in [0.15, 0.2) is 0 Å². The van der Waals surface area contributed by atoms with E-state index in [-0.39, 0.29) is 6.42 Å². The number of rotatable bonds is 11. The first-order chi connectivity index (χ1) is 13.1. The second-order valence-corrected chi connectivity index (χ2v) is 5.89. The Balaban J connectivity index is 2.55. The summed E-state index contributed by atoms with van der Waals surface area (Å²) in [7, 11) is 0. The number of hydrogen-bond donors (Lipinski definition) is 7. The summed E-state index contributed by atoms with van der Waals surface area (Å²) in [6.45, 7) is 0.634. The first kappa shape index (κ1) is 22.6. The molecule has 0 saturated carbocycles. The normalized spacial score (nSPS) is 13.6. The summed E-state index contributed by atoms with van der Waals surface area (Å²) in [5.41, 5.74) is 6.33. The molecule has 3 amide bonds. The van der Waals surface area contributed by atoms with Crippen molar-refractivity contribution in [3.05, 3.63) is 18.2 Å². The number of nitrogens with two attached hydrogens (primary N) is 1. The van der Waals surface area contributed by atoms with E-state index in [9.17, 15) is 24.0 Å². The van der Waals surface area contributed by atoms with Crippen LogP contribution in [0.3, 0.4) is 0 Å². The highest BCUT2D eigenvalue weighted by atomic mass is 16.4. The summed E-state index contributed by atoms with van der Waals surface area (Å²) in [5, 5.41) is 24.1. The van der Waals surface area contributed by atoms with E-state index in [2.05, 4.69) is 25.9 Å². The van der Waals surface area contributed by atoms with Crippen LogP contribution in [-0.4, -0.2) is 74.5 Å². The lowest BCUT2D eigenvalue weighted by molar-refractivity contribution is -0.143. The Morgan fingerprint density at radius 2 is 1.86 bits per heavy atom. The quantitative estimate of drug-likeness (QED) is 0.201. The number of carboxylic acids is 2. The average Bonchev–Trinajstić information content (AvgIpc) is 3.11. The molecular formula is C15H22N6O7. The number of nitrogens with one attached hydrogen (secondary N) is 4. The molecule has 28 heavy (non-hydrogen) atoms. The second-order valence-electron chi connectivity index (χ2n) is 5.89. The predicted octanol–water partition coefficient (Wildman–Crippen LogP) is -3.06. The maximum Gasteiger partial charge on any atom is 0.325 e. The highest BCUT2D eigenvalue weighted by Crippen LogP contribution is 1.97. The zero-order valence-corrected chi connectivity index (χ0v) is 15.0. The van der Waals surface area contributed by atoms with Crippen LogP contribution in [0.5, 0.6) is 0 Å². The van der Waals surface area contributed by atoms with Gasteiger partial charge in [-0.25, -0.2) is 4.98 Å². The van der Waals surface area contributed by atoms with Gasteiger partial charge in [-0.2, -0.15) is 0 Å². The van der Waals surface area contributed by atoms with E-state index in [0.29, 0.717) is 5.69 Å². The van der Waals surface area contributed by atoms with Crippen LogP contribution in [-0.2, 0) is 30.4 Å². The van der Waals surface area contributed by atoms with E-state index < -0.39 is 60.8 Å². The number of carbonyl (C=O) groups excluding carboxylic acids is 3. The van der Waals surface area contributed by atoms with Gasteiger partial charge in [0, 0.05) is 18.3 Å². The van der Waals surface area contributed by atoms with Crippen LogP contribution in [0.4, 0.5) is 0 Å². The van der Waals surface area contributed by atoms with Crippen molar-refractivity contribution in [2.24, 2.45) is 5.73 Å². The van der Waals surface area contributed by atoms with E-state index >= 15 is 0 Å². The molecule has 154 valence electrons. The number of aliphatic carboxylic acids is 2. The molecule has 0 aliphatic carbocycles. The molecule has 0 aliphatic rings. The summed E-state index contributed by atoms with van der Waals surface area (Å²) in [4.78, 5) is 64.0. The van der Waals surface area contributed by atoms with Crippen LogP contribution in [0.2, 0.25) is 0 Å². The second kappa shape index (κ2) is 10.6. The minimum Gasteiger partial charge on any atom is -0.481 e. The number of amides is 3. The number of carbonyl (C=O) groups is 5. The predicted molar refractivity (Wildman–Crippen MR) is 92.7 cm³/mol. The Hall–Kier alpha value is -3.48. The maximum atomic E-state index is 12.0. The van der Waals surface area contributed by atoms with E-state index in [1.807, 2.05) is 0 Å². The van der Waals surface area contributed by atoms with Crippen molar-refractivity contribution in [3.8, 4) is 0 Å². The van der Waals surface area contributed by atoms with E-state index in [1.165, 1.54) is 19.4 Å². The smallest absolute Gasteiger partial charge is 0.325 e. The van der Waals surface area contributed by atoms with Gasteiger partial charge in [0.05, 0.1) is 25.3 Å². The van der Waals surface area contributed by atoms with Crippen molar-refractivity contribution in [2.75, 3.05) is 6.54 Å². The molecule has 13 heteroatoms. The highest BCUT2D eigenvalue weighted by Gasteiger charge is 2.26. The molecule has 0 bridgehead atoms. The van der Waals surface area contributed by atoms with Crippen LogP contribution in [0, 0.1) is 0 Å². The summed E-state index contributed by atoms with van der Waals surface area (Å²) in [6, 6.07) is -3.74. The van der Waals surface area contributed by atoms with Gasteiger partial charge in [-0.15, -0.1) is 0 Å². The molecule has 8 N–H and O–H groups in total. The average molecular weight is 398 g/mol. The van der Waals surface area contributed by atoms with Gasteiger partial charge in [0.25, 0.3) is 0 Å². The Kier molecular flexibility index (Phi) is 8.55. The number of aromatic nitrogens is 2. The van der Waals surface area contributed by atoms with Gasteiger partial charge in [-0.05, 0) is 6.92 Å². The Morgan fingerprint density at radius 1 is 1.18 bits per heavy atom. The van der Waals surface area contributed by atoms with Crippen molar-refractivity contribution in [2.45, 2.75) is 37.9 Å². The number of imidazole rings is 1. The number of nitrogens with zero attached hydrogens (tertiary/aromatic N) is 1. The third kappa shape index (κ3) is 7.82. The van der Waals surface area contributed by atoms with Crippen LogP contribution < -0.4 is 21.7 Å². The van der Waals surface area contributed by atoms with Gasteiger partial charge < -0.3 is 36.9 Å². The van der Waals surface area contributed by atoms with Gasteiger partial charge in [-0.3, -0.25) is 24.0 Å². The Morgan fingerprint density at radius 3 is 2.39 bits per heavy atom. The molecule has 0 aromatic carbocycles. The molecule has 13 nitrogen and oxygen atoms in total. The number of hydrogen-bond acceptors (Lipinski definition) is 7. The molecular weight excluding hydrogens is 376 g/mol. The monoisotopic (exact) mass is 398 g/mol. The third-order valence-electron chi connectivity index (χ3n) is 3.51. The van der Waals surface area contributed by atoms with Gasteiger partial charge in [0.2, 0.25) is 17.7 Å². The minimum absolute atomic E-state index is 0.157. The Bertz CT molecular complexity index is 720. The van der Waals surface area contributed by atoms with Crippen molar-refractivity contribution >= 4 is 29.7 Å². The maximum absolute atomic E-state index is 12.0. The topological polar surface area (TPSA) is 217 Å². The number of carboxylic acid groups (broad SMARTS) is 2. The third-order valence-corrected chi connectivity index (χ3v) is 3.51. The van der Waals surface area contributed by atoms with Gasteiger partial charge in [0.1, 0.15) is 12.1 Å². The van der Waals surface area contributed by atoms with Crippen LogP contribution in [0.15, 0.2) is 12.5 Å². The molecule has 1 rings (SSSR count). The first-order valence-electron chi connectivity index (χ1n) is 8.15. The van der Waals surface area contributed by atoms with Crippen molar-refractivity contribution < 1.29 is 34.2 Å². The molecule has 3 atom stereocenters. The molecule has 1 heterocycles. The molecule has 0 spiro atoms. The van der Waals surface area contributed by atoms with E-state index in [1.54, 1.807) is 0 Å². The Labute approximate surface area is 159 Å². The van der Waals surface area contributed by atoms with E-state index in [0.717, 1.165) is 0 Å². The van der Waals surface area contributed by atoms with Gasteiger partial charge >= 0.3 is 11.9 Å². The SMILES string of the molecule is CC(NC(=O)C(CC(=O)O)NC(=O)CNC(=O)C(N)Cc1cnc[nH]1)C(=O)O. The number of aromatic amines is 1. The summed E-state index contributed by atoms with van der Waals surface area (Å²) < 4.78 is 0. The molecule has 0 radical (unpaired) electrons. The standard InChI is InChI=1S/C15H22N6O7/c1-7(15(27)28)20-14(26)10(3-12(23)24)21-11(22)5-18-13(25)9(16)2-8-4-17-6-19-8/h4,6-7,9-10H,2-3,5,16H2,1H3,(H,17,19)(H,18,25)(H,20,26)(H,21,22)(H,23,24)(H,27,28). The fourth-order valence-electron chi connectivity index (χ4n) is 2.03. The number of H-pyrrole nitrogens is 1. The molecule has 0 saturated heterocycles. The summed E-state index contributed by atoms with van der Waals surface area (Å²) >= 11 is 0. The van der Waals surface area contributed by atoms with Gasteiger partial charge in [-0.1, -0.05) is 0 Å².